The molecular weight excluding hydrogens is 260 g/mol. The van der Waals surface area contributed by atoms with Gasteiger partial charge in [0.05, 0.1) is 0 Å². The first-order chi connectivity index (χ1) is 9.61. The molecule has 106 valence electrons. The molecule has 1 unspecified atom stereocenters. The lowest BCUT2D eigenvalue weighted by Gasteiger charge is -2.16. The average Bonchev–Trinajstić information content (AvgIpc) is 2.43. The second-order valence-corrected chi connectivity index (χ2v) is 6.68. The van der Waals surface area contributed by atoms with Gasteiger partial charge in [0.25, 0.3) is 0 Å². The summed E-state index contributed by atoms with van der Waals surface area (Å²) in [6, 6.07) is 15.6. The molecule has 0 aliphatic carbocycles. The standard InChI is InChI=1S/C19H24S/c1-5-8-15(3)17-9-6-7-10-19(17)20-18-12-11-14(2)13-16(18)4/h6-7,9-13,15H,5,8H2,1-4H3. The normalized spacial score (nSPS) is 12.4. The van der Waals surface area contributed by atoms with Crippen LogP contribution < -0.4 is 0 Å². The van der Waals surface area contributed by atoms with E-state index in [9.17, 15) is 0 Å². The quantitative estimate of drug-likeness (QED) is 0.615. The van der Waals surface area contributed by atoms with Crippen LogP contribution >= 0.6 is 11.8 Å². The summed E-state index contributed by atoms with van der Waals surface area (Å²) in [5, 5.41) is 0. The minimum Gasteiger partial charge on any atom is -0.0895 e. The van der Waals surface area contributed by atoms with Gasteiger partial charge in [0.15, 0.2) is 0 Å². The highest BCUT2D eigenvalue weighted by atomic mass is 32.2. The van der Waals surface area contributed by atoms with Gasteiger partial charge in [-0.1, -0.05) is 67.9 Å². The predicted octanol–water partition coefficient (Wildman–Crippen LogP) is 6.36. The third kappa shape index (κ3) is 3.67. The van der Waals surface area contributed by atoms with Crippen LogP contribution in [0.15, 0.2) is 52.3 Å². The Hall–Kier alpha value is -1.21. The molecule has 0 saturated carbocycles. The predicted molar refractivity (Wildman–Crippen MR) is 89.8 cm³/mol. The Balaban J connectivity index is 2.29. The first kappa shape index (κ1) is 15.2. The molecule has 0 aromatic heterocycles. The van der Waals surface area contributed by atoms with Gasteiger partial charge in [-0.05, 0) is 49.4 Å². The van der Waals surface area contributed by atoms with E-state index in [-0.39, 0.29) is 0 Å². The van der Waals surface area contributed by atoms with E-state index in [0.717, 1.165) is 0 Å². The van der Waals surface area contributed by atoms with E-state index in [2.05, 4.69) is 70.2 Å². The summed E-state index contributed by atoms with van der Waals surface area (Å²) in [6.07, 6.45) is 2.49. The highest BCUT2D eigenvalue weighted by molar-refractivity contribution is 7.99. The zero-order valence-electron chi connectivity index (χ0n) is 12.9. The van der Waals surface area contributed by atoms with Gasteiger partial charge < -0.3 is 0 Å². The van der Waals surface area contributed by atoms with Crippen LogP contribution in [-0.4, -0.2) is 0 Å². The van der Waals surface area contributed by atoms with Gasteiger partial charge in [0, 0.05) is 9.79 Å². The highest BCUT2D eigenvalue weighted by Crippen LogP contribution is 2.36. The maximum atomic E-state index is 2.34. The second-order valence-electron chi connectivity index (χ2n) is 5.60. The molecule has 0 aliphatic rings. The average molecular weight is 284 g/mol. The van der Waals surface area contributed by atoms with E-state index in [4.69, 9.17) is 0 Å². The first-order valence-electron chi connectivity index (χ1n) is 7.46. The van der Waals surface area contributed by atoms with Gasteiger partial charge in [-0.2, -0.15) is 0 Å². The Kier molecular flexibility index (Phi) is 5.31. The van der Waals surface area contributed by atoms with Crippen molar-refractivity contribution in [3.05, 3.63) is 59.2 Å². The number of hydrogen-bond donors (Lipinski definition) is 0. The molecule has 0 N–H and O–H groups in total. The van der Waals surface area contributed by atoms with E-state index in [0.29, 0.717) is 5.92 Å². The molecule has 0 heterocycles. The molecule has 0 aliphatic heterocycles. The molecule has 0 nitrogen and oxygen atoms in total. The molecule has 0 fully saturated rings. The second kappa shape index (κ2) is 6.99. The van der Waals surface area contributed by atoms with Crippen molar-refractivity contribution in [1.29, 1.82) is 0 Å². The van der Waals surface area contributed by atoms with Gasteiger partial charge in [-0.25, -0.2) is 0 Å². The van der Waals surface area contributed by atoms with E-state index >= 15 is 0 Å². The summed E-state index contributed by atoms with van der Waals surface area (Å²) in [7, 11) is 0. The van der Waals surface area contributed by atoms with Gasteiger partial charge in [0.1, 0.15) is 0 Å². The molecule has 0 radical (unpaired) electrons. The summed E-state index contributed by atoms with van der Waals surface area (Å²) < 4.78 is 0. The van der Waals surface area contributed by atoms with Crippen molar-refractivity contribution >= 4 is 11.8 Å². The van der Waals surface area contributed by atoms with Crippen LogP contribution in [0.5, 0.6) is 0 Å². The van der Waals surface area contributed by atoms with Gasteiger partial charge >= 0.3 is 0 Å². The largest absolute Gasteiger partial charge is 0.0895 e. The van der Waals surface area contributed by atoms with Crippen molar-refractivity contribution in [1.82, 2.24) is 0 Å². The van der Waals surface area contributed by atoms with Crippen LogP contribution in [0.25, 0.3) is 0 Å². The van der Waals surface area contributed by atoms with Crippen LogP contribution in [0.4, 0.5) is 0 Å². The zero-order valence-corrected chi connectivity index (χ0v) is 13.8. The van der Waals surface area contributed by atoms with Crippen molar-refractivity contribution in [2.45, 2.75) is 56.2 Å². The smallest absolute Gasteiger partial charge is 0.0157 e. The van der Waals surface area contributed by atoms with Crippen molar-refractivity contribution in [3.63, 3.8) is 0 Å². The topological polar surface area (TPSA) is 0 Å². The van der Waals surface area contributed by atoms with Crippen LogP contribution in [0, 0.1) is 13.8 Å². The molecule has 0 saturated heterocycles. The fourth-order valence-electron chi connectivity index (χ4n) is 2.60. The minimum atomic E-state index is 0.634. The SMILES string of the molecule is CCCC(C)c1ccccc1Sc1ccc(C)cc1C. The number of hydrogen-bond acceptors (Lipinski definition) is 1. The Morgan fingerprint density at radius 3 is 2.45 bits per heavy atom. The fourth-order valence-corrected chi connectivity index (χ4v) is 3.73. The molecule has 2 aromatic rings. The van der Waals surface area contributed by atoms with Gasteiger partial charge in [-0.3, -0.25) is 0 Å². The Morgan fingerprint density at radius 2 is 1.75 bits per heavy atom. The van der Waals surface area contributed by atoms with Crippen LogP contribution in [0.2, 0.25) is 0 Å². The minimum absolute atomic E-state index is 0.634. The molecule has 0 spiro atoms. The summed E-state index contributed by atoms with van der Waals surface area (Å²) in [6.45, 7) is 8.95. The van der Waals surface area contributed by atoms with E-state index in [1.807, 2.05) is 11.8 Å². The summed E-state index contributed by atoms with van der Waals surface area (Å²) in [5.74, 6) is 0.634. The van der Waals surface area contributed by atoms with Crippen LogP contribution in [-0.2, 0) is 0 Å². The molecule has 1 atom stereocenters. The molecule has 0 amide bonds. The Labute approximate surface area is 127 Å². The third-order valence-electron chi connectivity index (χ3n) is 3.72. The summed E-state index contributed by atoms with van der Waals surface area (Å²) in [4.78, 5) is 2.77. The van der Waals surface area contributed by atoms with Crippen molar-refractivity contribution in [3.8, 4) is 0 Å². The molecule has 0 bridgehead atoms. The Bertz CT molecular complexity index is 572. The highest BCUT2D eigenvalue weighted by Gasteiger charge is 2.11. The lowest BCUT2D eigenvalue weighted by molar-refractivity contribution is 0.655. The van der Waals surface area contributed by atoms with Gasteiger partial charge in [0.2, 0.25) is 0 Å². The van der Waals surface area contributed by atoms with E-state index in [1.165, 1.54) is 39.3 Å². The fraction of sp³-hybridized carbons (Fsp3) is 0.368. The number of rotatable bonds is 5. The van der Waals surface area contributed by atoms with Crippen molar-refractivity contribution in [2.75, 3.05) is 0 Å². The lowest BCUT2D eigenvalue weighted by atomic mass is 9.97. The maximum absolute atomic E-state index is 2.34. The van der Waals surface area contributed by atoms with E-state index in [1.54, 1.807) is 0 Å². The summed E-state index contributed by atoms with van der Waals surface area (Å²) in [5.41, 5.74) is 4.19. The van der Waals surface area contributed by atoms with E-state index < -0.39 is 0 Å². The molecular formula is C19H24S. The van der Waals surface area contributed by atoms with Crippen LogP contribution in [0.3, 0.4) is 0 Å². The number of benzene rings is 2. The van der Waals surface area contributed by atoms with Crippen molar-refractivity contribution in [2.24, 2.45) is 0 Å². The molecule has 1 heteroatoms. The lowest BCUT2D eigenvalue weighted by Crippen LogP contribution is -1.95. The molecule has 20 heavy (non-hydrogen) atoms. The summed E-state index contributed by atoms with van der Waals surface area (Å²) >= 11 is 1.90. The molecule has 2 rings (SSSR count). The number of aryl methyl sites for hydroxylation is 2. The first-order valence-corrected chi connectivity index (χ1v) is 8.27. The third-order valence-corrected chi connectivity index (χ3v) is 4.99. The van der Waals surface area contributed by atoms with Crippen LogP contribution in [0.1, 0.15) is 49.3 Å². The van der Waals surface area contributed by atoms with Gasteiger partial charge in [-0.15, -0.1) is 0 Å². The zero-order chi connectivity index (χ0) is 14.5. The molecule has 2 aromatic carbocycles. The Morgan fingerprint density at radius 1 is 1.00 bits per heavy atom. The van der Waals surface area contributed by atoms with Crippen molar-refractivity contribution < 1.29 is 0 Å². The maximum Gasteiger partial charge on any atom is 0.0157 e. The monoisotopic (exact) mass is 284 g/mol.